The van der Waals surface area contributed by atoms with Crippen LogP contribution in [0.25, 0.3) is 6.08 Å². The van der Waals surface area contributed by atoms with Gasteiger partial charge in [0.05, 0.1) is 5.71 Å². The zero-order chi connectivity index (χ0) is 15.9. The Morgan fingerprint density at radius 2 is 1.22 bits per heavy atom. The molecule has 0 aliphatic carbocycles. The molecule has 0 N–H and O–H groups in total. The lowest BCUT2D eigenvalue weighted by atomic mass is 10.0. The van der Waals surface area contributed by atoms with Crippen molar-refractivity contribution in [3.05, 3.63) is 113 Å². The van der Waals surface area contributed by atoms with Crippen LogP contribution in [0.1, 0.15) is 22.3 Å². The van der Waals surface area contributed by atoms with Crippen molar-refractivity contribution >= 4 is 11.8 Å². The highest BCUT2D eigenvalue weighted by molar-refractivity contribution is 6.13. The topological polar surface area (TPSA) is 12.4 Å². The van der Waals surface area contributed by atoms with E-state index in [1.807, 2.05) is 48.7 Å². The molecule has 0 bridgehead atoms. The summed E-state index contributed by atoms with van der Waals surface area (Å²) in [6, 6.07) is 29.0. The zero-order valence-electron chi connectivity index (χ0n) is 13.2. The number of aryl methyl sites for hydroxylation is 1. The lowest BCUT2D eigenvalue weighted by Gasteiger charge is -2.05. The fourth-order valence-corrected chi connectivity index (χ4v) is 2.38. The Bertz CT molecular complexity index is 756. The minimum Gasteiger partial charge on any atom is -0.256 e. The second-order valence-corrected chi connectivity index (χ2v) is 5.44. The van der Waals surface area contributed by atoms with E-state index in [4.69, 9.17) is 4.99 Å². The van der Waals surface area contributed by atoms with Crippen LogP contribution in [0.5, 0.6) is 0 Å². The first-order valence-electron chi connectivity index (χ1n) is 7.75. The van der Waals surface area contributed by atoms with Gasteiger partial charge in [-0.15, -0.1) is 0 Å². The Kier molecular flexibility index (Phi) is 4.80. The molecular formula is C22H19N. The molecule has 0 aromatic heterocycles. The standard InChI is InChI=1S/C22H19N/c1-18-12-14-19(15-13-18)16-17-23-22(20-8-4-2-5-9-20)21-10-6-3-7-11-21/h2-17H,1H3/b17-16+. The average molecular weight is 297 g/mol. The van der Waals surface area contributed by atoms with Gasteiger partial charge in [-0.2, -0.15) is 0 Å². The van der Waals surface area contributed by atoms with Crippen LogP contribution in [0.15, 0.2) is 96.1 Å². The predicted octanol–water partition coefficient (Wildman–Crippen LogP) is 5.50. The fraction of sp³-hybridized carbons (Fsp3) is 0.0455. The molecule has 0 radical (unpaired) electrons. The van der Waals surface area contributed by atoms with Gasteiger partial charge in [0.25, 0.3) is 0 Å². The summed E-state index contributed by atoms with van der Waals surface area (Å²) in [5.74, 6) is 0. The van der Waals surface area contributed by atoms with Crippen molar-refractivity contribution in [1.82, 2.24) is 0 Å². The van der Waals surface area contributed by atoms with Crippen molar-refractivity contribution < 1.29 is 0 Å². The van der Waals surface area contributed by atoms with E-state index in [1.54, 1.807) is 0 Å². The molecule has 23 heavy (non-hydrogen) atoms. The maximum absolute atomic E-state index is 4.72. The van der Waals surface area contributed by atoms with E-state index < -0.39 is 0 Å². The minimum atomic E-state index is 0.981. The maximum atomic E-state index is 4.72. The molecule has 112 valence electrons. The van der Waals surface area contributed by atoms with Gasteiger partial charge in [0.1, 0.15) is 0 Å². The fourth-order valence-electron chi connectivity index (χ4n) is 2.38. The maximum Gasteiger partial charge on any atom is 0.0774 e. The first-order valence-corrected chi connectivity index (χ1v) is 7.75. The third kappa shape index (κ3) is 4.04. The van der Waals surface area contributed by atoms with Crippen LogP contribution in [0.4, 0.5) is 0 Å². The third-order valence-corrected chi connectivity index (χ3v) is 3.64. The summed E-state index contributed by atoms with van der Waals surface area (Å²) in [5.41, 5.74) is 5.63. The molecule has 0 heterocycles. The highest BCUT2D eigenvalue weighted by Gasteiger charge is 2.04. The molecule has 0 atom stereocenters. The van der Waals surface area contributed by atoms with Gasteiger partial charge < -0.3 is 0 Å². The van der Waals surface area contributed by atoms with Gasteiger partial charge in [-0.1, -0.05) is 90.5 Å². The summed E-state index contributed by atoms with van der Waals surface area (Å²) < 4.78 is 0. The Morgan fingerprint density at radius 1 is 0.696 bits per heavy atom. The molecule has 1 nitrogen and oxygen atoms in total. The van der Waals surface area contributed by atoms with E-state index in [0.717, 1.165) is 22.4 Å². The minimum absolute atomic E-state index is 0.981. The Morgan fingerprint density at radius 3 is 1.74 bits per heavy atom. The molecule has 3 aromatic carbocycles. The van der Waals surface area contributed by atoms with Crippen LogP contribution >= 0.6 is 0 Å². The predicted molar refractivity (Wildman–Crippen MR) is 98.7 cm³/mol. The Balaban J connectivity index is 1.93. The van der Waals surface area contributed by atoms with E-state index in [-0.39, 0.29) is 0 Å². The second kappa shape index (κ2) is 7.37. The number of benzene rings is 3. The average Bonchev–Trinajstić information content (AvgIpc) is 2.62. The first-order chi connectivity index (χ1) is 11.3. The second-order valence-electron chi connectivity index (χ2n) is 5.44. The summed E-state index contributed by atoms with van der Waals surface area (Å²) >= 11 is 0. The van der Waals surface area contributed by atoms with Crippen molar-refractivity contribution in [3.8, 4) is 0 Å². The molecule has 0 amide bonds. The van der Waals surface area contributed by atoms with Crippen LogP contribution in [-0.4, -0.2) is 5.71 Å². The highest BCUT2D eigenvalue weighted by atomic mass is 14.7. The number of nitrogens with zero attached hydrogens (tertiary/aromatic N) is 1. The molecule has 1 heteroatoms. The molecule has 3 rings (SSSR count). The van der Waals surface area contributed by atoms with Gasteiger partial charge in [0.2, 0.25) is 0 Å². The SMILES string of the molecule is Cc1ccc(/C=C/N=C(c2ccccc2)c2ccccc2)cc1. The molecule has 0 aliphatic rings. The Labute approximate surface area is 137 Å². The molecule has 0 saturated heterocycles. The molecule has 3 aromatic rings. The summed E-state index contributed by atoms with van der Waals surface area (Å²) in [6.07, 6.45) is 3.91. The zero-order valence-corrected chi connectivity index (χ0v) is 13.2. The molecule has 0 aliphatic heterocycles. The highest BCUT2D eigenvalue weighted by Crippen LogP contribution is 2.12. The van der Waals surface area contributed by atoms with Gasteiger partial charge >= 0.3 is 0 Å². The van der Waals surface area contributed by atoms with Crippen LogP contribution in [0, 0.1) is 6.92 Å². The number of hydrogen-bond acceptors (Lipinski definition) is 1. The number of rotatable bonds is 4. The van der Waals surface area contributed by atoms with Crippen LogP contribution in [-0.2, 0) is 0 Å². The van der Waals surface area contributed by atoms with Gasteiger partial charge in [-0.05, 0) is 18.6 Å². The van der Waals surface area contributed by atoms with Gasteiger partial charge in [-0.3, -0.25) is 4.99 Å². The number of aliphatic imine (C=N–C) groups is 1. The van der Waals surface area contributed by atoms with E-state index in [0.29, 0.717) is 0 Å². The first kappa shape index (κ1) is 15.0. The normalized spacial score (nSPS) is 10.7. The molecule has 0 fully saturated rings. The summed E-state index contributed by atoms with van der Waals surface area (Å²) in [7, 11) is 0. The largest absolute Gasteiger partial charge is 0.256 e. The smallest absolute Gasteiger partial charge is 0.0774 e. The van der Waals surface area contributed by atoms with Gasteiger partial charge in [0.15, 0.2) is 0 Å². The van der Waals surface area contributed by atoms with E-state index in [2.05, 4.69) is 55.5 Å². The van der Waals surface area contributed by atoms with Crippen LogP contribution < -0.4 is 0 Å². The van der Waals surface area contributed by atoms with Crippen molar-refractivity contribution in [2.45, 2.75) is 6.92 Å². The van der Waals surface area contributed by atoms with Crippen molar-refractivity contribution in [1.29, 1.82) is 0 Å². The summed E-state index contributed by atoms with van der Waals surface area (Å²) in [4.78, 5) is 4.72. The van der Waals surface area contributed by atoms with Gasteiger partial charge in [0, 0.05) is 17.3 Å². The van der Waals surface area contributed by atoms with E-state index >= 15 is 0 Å². The number of hydrogen-bond donors (Lipinski definition) is 0. The quantitative estimate of drug-likeness (QED) is 0.564. The Hall–Kier alpha value is -2.93. The molecular weight excluding hydrogens is 278 g/mol. The van der Waals surface area contributed by atoms with Gasteiger partial charge in [-0.25, -0.2) is 0 Å². The van der Waals surface area contributed by atoms with Crippen LogP contribution in [0.2, 0.25) is 0 Å². The lowest BCUT2D eigenvalue weighted by Crippen LogP contribution is -2.02. The molecule has 0 saturated carbocycles. The van der Waals surface area contributed by atoms with Crippen molar-refractivity contribution in [2.24, 2.45) is 4.99 Å². The lowest BCUT2D eigenvalue weighted by molar-refractivity contribution is 1.46. The molecule has 0 spiro atoms. The molecule has 0 unspecified atom stereocenters. The van der Waals surface area contributed by atoms with E-state index in [1.165, 1.54) is 5.56 Å². The van der Waals surface area contributed by atoms with E-state index in [9.17, 15) is 0 Å². The summed E-state index contributed by atoms with van der Waals surface area (Å²) in [5, 5.41) is 0. The van der Waals surface area contributed by atoms with Crippen molar-refractivity contribution in [3.63, 3.8) is 0 Å². The third-order valence-electron chi connectivity index (χ3n) is 3.64. The summed E-state index contributed by atoms with van der Waals surface area (Å²) in [6.45, 7) is 2.09. The van der Waals surface area contributed by atoms with Crippen LogP contribution in [0.3, 0.4) is 0 Å². The monoisotopic (exact) mass is 297 g/mol. The van der Waals surface area contributed by atoms with Crippen molar-refractivity contribution in [2.75, 3.05) is 0 Å².